The van der Waals surface area contributed by atoms with Crippen LogP contribution >= 0.6 is 12.2 Å². The van der Waals surface area contributed by atoms with E-state index in [0.29, 0.717) is 11.0 Å². The van der Waals surface area contributed by atoms with Crippen molar-refractivity contribution in [2.24, 2.45) is 0 Å². The van der Waals surface area contributed by atoms with E-state index in [1.54, 1.807) is 7.11 Å². The van der Waals surface area contributed by atoms with Crippen LogP contribution in [0, 0.1) is 0 Å². The Bertz CT molecular complexity index is 635. The van der Waals surface area contributed by atoms with Gasteiger partial charge in [-0.3, -0.25) is 0 Å². The quantitative estimate of drug-likeness (QED) is 0.768. The van der Waals surface area contributed by atoms with E-state index < -0.39 is 0 Å². The number of hydrogen-bond acceptors (Lipinski definition) is 2. The van der Waals surface area contributed by atoms with Crippen molar-refractivity contribution < 1.29 is 4.74 Å². The summed E-state index contributed by atoms with van der Waals surface area (Å²) in [4.78, 5) is 0. The predicted octanol–water partition coefficient (Wildman–Crippen LogP) is 4.87. The molecule has 0 spiro atoms. The number of nitrogens with one attached hydrogen (secondary N) is 2. The summed E-state index contributed by atoms with van der Waals surface area (Å²) in [6, 6.07) is 16.5. The predicted molar refractivity (Wildman–Crippen MR) is 101 cm³/mol. The highest BCUT2D eigenvalue weighted by atomic mass is 32.1. The average Bonchev–Trinajstić information content (AvgIpc) is 2.55. The second-order valence-corrected chi connectivity index (χ2v) is 6.28. The van der Waals surface area contributed by atoms with Crippen LogP contribution in [-0.4, -0.2) is 12.2 Å². The Morgan fingerprint density at radius 3 is 2.00 bits per heavy atom. The number of thiocarbonyl (C=S) groups is 1. The molecule has 23 heavy (non-hydrogen) atoms. The lowest BCUT2D eigenvalue weighted by Gasteiger charge is -2.18. The first kappa shape index (κ1) is 17.3. The van der Waals surface area contributed by atoms with Crippen LogP contribution in [0.1, 0.15) is 43.9 Å². The molecule has 0 aliphatic heterocycles. The molecule has 1 unspecified atom stereocenters. The average molecular weight is 328 g/mol. The largest absolute Gasteiger partial charge is 0.497 e. The number of ether oxygens (including phenoxy) is 1. The van der Waals surface area contributed by atoms with E-state index in [-0.39, 0.29) is 6.04 Å². The van der Waals surface area contributed by atoms with Crippen molar-refractivity contribution >= 4 is 23.0 Å². The third-order valence-corrected chi connectivity index (χ3v) is 4.02. The van der Waals surface area contributed by atoms with Gasteiger partial charge >= 0.3 is 0 Å². The summed E-state index contributed by atoms with van der Waals surface area (Å²) in [5.74, 6) is 1.37. The molecule has 4 heteroatoms. The van der Waals surface area contributed by atoms with Crippen LogP contribution in [0.25, 0.3) is 0 Å². The standard InChI is InChI=1S/C19H24N2OS/c1-13(2)15-5-7-16(8-6-15)14(3)20-19(23)21-17-9-11-18(22-4)12-10-17/h5-14H,1-4H3,(H2,20,21,23). The van der Waals surface area contributed by atoms with Gasteiger partial charge in [-0.2, -0.15) is 0 Å². The summed E-state index contributed by atoms with van der Waals surface area (Å²) in [6.45, 7) is 6.50. The highest BCUT2D eigenvalue weighted by molar-refractivity contribution is 7.80. The Labute approximate surface area is 144 Å². The summed E-state index contributed by atoms with van der Waals surface area (Å²) >= 11 is 5.39. The molecule has 0 bridgehead atoms. The zero-order valence-electron chi connectivity index (χ0n) is 14.1. The fourth-order valence-electron chi connectivity index (χ4n) is 2.29. The number of methoxy groups -OCH3 is 1. The van der Waals surface area contributed by atoms with Crippen molar-refractivity contribution in [3.05, 3.63) is 59.7 Å². The van der Waals surface area contributed by atoms with Crippen LogP contribution in [-0.2, 0) is 0 Å². The van der Waals surface area contributed by atoms with E-state index in [1.165, 1.54) is 11.1 Å². The first-order chi connectivity index (χ1) is 11.0. The lowest BCUT2D eigenvalue weighted by atomic mass is 10.00. The highest BCUT2D eigenvalue weighted by Crippen LogP contribution is 2.19. The Hall–Kier alpha value is -2.07. The van der Waals surface area contributed by atoms with Crippen LogP contribution in [0.5, 0.6) is 5.75 Å². The van der Waals surface area contributed by atoms with Crippen LogP contribution in [0.4, 0.5) is 5.69 Å². The molecule has 0 radical (unpaired) electrons. The van der Waals surface area contributed by atoms with Crippen LogP contribution in [0.3, 0.4) is 0 Å². The van der Waals surface area contributed by atoms with Gasteiger partial charge in [-0.05, 0) is 60.5 Å². The van der Waals surface area contributed by atoms with E-state index in [4.69, 9.17) is 17.0 Å². The molecule has 2 aromatic carbocycles. The van der Waals surface area contributed by atoms with E-state index >= 15 is 0 Å². The first-order valence-electron chi connectivity index (χ1n) is 7.81. The zero-order valence-corrected chi connectivity index (χ0v) is 14.9. The molecule has 0 saturated carbocycles. The van der Waals surface area contributed by atoms with E-state index in [0.717, 1.165) is 11.4 Å². The molecule has 122 valence electrons. The van der Waals surface area contributed by atoms with Crippen molar-refractivity contribution in [1.82, 2.24) is 5.32 Å². The minimum atomic E-state index is 0.148. The normalized spacial score (nSPS) is 11.9. The number of hydrogen-bond donors (Lipinski definition) is 2. The second kappa shape index (κ2) is 7.97. The van der Waals surface area contributed by atoms with Gasteiger partial charge in [0.25, 0.3) is 0 Å². The van der Waals surface area contributed by atoms with E-state index in [1.807, 2.05) is 24.3 Å². The van der Waals surface area contributed by atoms with Gasteiger partial charge in [0.05, 0.1) is 13.2 Å². The van der Waals surface area contributed by atoms with Gasteiger partial charge in [0.1, 0.15) is 5.75 Å². The van der Waals surface area contributed by atoms with E-state index in [2.05, 4.69) is 55.7 Å². The monoisotopic (exact) mass is 328 g/mol. The van der Waals surface area contributed by atoms with Gasteiger partial charge in [-0.1, -0.05) is 38.1 Å². The third kappa shape index (κ3) is 4.96. The van der Waals surface area contributed by atoms with Crippen molar-refractivity contribution in [2.75, 3.05) is 12.4 Å². The first-order valence-corrected chi connectivity index (χ1v) is 8.22. The lowest BCUT2D eigenvalue weighted by molar-refractivity contribution is 0.415. The van der Waals surface area contributed by atoms with Gasteiger partial charge in [0.15, 0.2) is 5.11 Å². The zero-order chi connectivity index (χ0) is 16.8. The minimum Gasteiger partial charge on any atom is -0.497 e. The second-order valence-electron chi connectivity index (χ2n) is 5.87. The molecule has 0 fully saturated rings. The molecule has 0 aromatic heterocycles. The molecule has 0 aliphatic rings. The highest BCUT2D eigenvalue weighted by Gasteiger charge is 2.08. The van der Waals surface area contributed by atoms with Gasteiger partial charge in [0.2, 0.25) is 0 Å². The molecule has 0 aliphatic carbocycles. The van der Waals surface area contributed by atoms with E-state index in [9.17, 15) is 0 Å². The lowest BCUT2D eigenvalue weighted by Crippen LogP contribution is -2.30. The third-order valence-electron chi connectivity index (χ3n) is 3.80. The maximum Gasteiger partial charge on any atom is 0.171 e. The van der Waals surface area contributed by atoms with Crippen molar-refractivity contribution in [3.63, 3.8) is 0 Å². The summed E-state index contributed by atoms with van der Waals surface area (Å²) in [5, 5.41) is 7.11. The summed E-state index contributed by atoms with van der Waals surface area (Å²) < 4.78 is 5.15. The molecule has 0 heterocycles. The smallest absolute Gasteiger partial charge is 0.171 e. The Kier molecular flexibility index (Phi) is 5.99. The summed E-state index contributed by atoms with van der Waals surface area (Å²) in [7, 11) is 1.65. The number of rotatable bonds is 5. The Balaban J connectivity index is 1.93. The number of anilines is 1. The number of benzene rings is 2. The molecule has 1 atom stereocenters. The maximum absolute atomic E-state index is 5.39. The maximum atomic E-state index is 5.39. The fraction of sp³-hybridized carbons (Fsp3) is 0.316. The minimum absolute atomic E-state index is 0.148. The SMILES string of the molecule is COc1ccc(NC(=S)NC(C)c2ccc(C(C)C)cc2)cc1. The van der Waals surface area contributed by atoms with Crippen LogP contribution < -0.4 is 15.4 Å². The van der Waals surface area contributed by atoms with Gasteiger partial charge in [0, 0.05) is 5.69 Å². The summed E-state index contributed by atoms with van der Waals surface area (Å²) in [6.07, 6.45) is 0. The molecular formula is C19H24N2OS. The van der Waals surface area contributed by atoms with Gasteiger partial charge < -0.3 is 15.4 Å². The topological polar surface area (TPSA) is 33.3 Å². The molecule has 2 N–H and O–H groups in total. The van der Waals surface area contributed by atoms with Crippen LogP contribution in [0.2, 0.25) is 0 Å². The molecular weight excluding hydrogens is 304 g/mol. The van der Waals surface area contributed by atoms with Crippen molar-refractivity contribution in [2.45, 2.75) is 32.7 Å². The molecule has 2 aromatic rings. The molecule has 0 amide bonds. The van der Waals surface area contributed by atoms with Crippen molar-refractivity contribution in [3.8, 4) is 5.75 Å². The van der Waals surface area contributed by atoms with Gasteiger partial charge in [-0.15, -0.1) is 0 Å². The molecule has 0 saturated heterocycles. The fourth-order valence-corrected chi connectivity index (χ4v) is 2.59. The Morgan fingerprint density at radius 1 is 0.913 bits per heavy atom. The summed E-state index contributed by atoms with van der Waals surface area (Å²) in [5.41, 5.74) is 3.50. The van der Waals surface area contributed by atoms with Crippen molar-refractivity contribution in [1.29, 1.82) is 0 Å². The van der Waals surface area contributed by atoms with Gasteiger partial charge in [-0.25, -0.2) is 0 Å². The van der Waals surface area contributed by atoms with Crippen LogP contribution in [0.15, 0.2) is 48.5 Å². The molecule has 2 rings (SSSR count). The molecule has 3 nitrogen and oxygen atoms in total. The Morgan fingerprint density at radius 2 is 1.48 bits per heavy atom.